The van der Waals surface area contributed by atoms with Gasteiger partial charge in [-0.25, -0.2) is 4.99 Å². The number of hydrogen-bond donors (Lipinski definition) is 0. The van der Waals surface area contributed by atoms with Crippen LogP contribution in [0.1, 0.15) is 34.8 Å². The topological polar surface area (TPSA) is 91.3 Å². The molecule has 0 aromatic heterocycles. The van der Waals surface area contributed by atoms with Gasteiger partial charge in [-0.05, 0) is 47.5 Å². The van der Waals surface area contributed by atoms with Gasteiger partial charge in [0.25, 0.3) is 5.91 Å². The summed E-state index contributed by atoms with van der Waals surface area (Å²) in [5.74, 6) is -0.309. The van der Waals surface area contributed by atoms with Crippen molar-refractivity contribution in [3.8, 4) is 11.5 Å². The third-order valence-electron chi connectivity index (χ3n) is 4.58. The van der Waals surface area contributed by atoms with Crippen molar-refractivity contribution in [2.75, 3.05) is 13.7 Å². The van der Waals surface area contributed by atoms with Gasteiger partial charge < -0.3 is 19.4 Å². The monoisotopic (exact) mass is 425 g/mol. The third kappa shape index (κ3) is 4.83. The van der Waals surface area contributed by atoms with Crippen LogP contribution in [0, 0.1) is 0 Å². The lowest BCUT2D eigenvalue weighted by Crippen LogP contribution is -2.33. The number of thiocarbonyl (C=S) groups is 1. The van der Waals surface area contributed by atoms with Gasteiger partial charge in [-0.15, -0.1) is 0 Å². The minimum Gasteiger partial charge on any atom is -0.545 e. The van der Waals surface area contributed by atoms with Gasteiger partial charge in [-0.1, -0.05) is 37.3 Å². The second kappa shape index (κ2) is 9.49. The number of hydrogen-bond acceptors (Lipinski definition) is 6. The number of methoxy groups -OCH3 is 1. The lowest BCUT2D eigenvalue weighted by Gasteiger charge is -2.14. The highest BCUT2D eigenvalue weighted by Crippen LogP contribution is 2.29. The highest BCUT2D eigenvalue weighted by atomic mass is 32.1. The zero-order valence-corrected chi connectivity index (χ0v) is 17.5. The molecule has 1 heterocycles. The number of benzene rings is 2. The molecule has 7 nitrogen and oxygen atoms in total. The predicted molar refractivity (Wildman–Crippen MR) is 114 cm³/mol. The van der Waals surface area contributed by atoms with Gasteiger partial charge in [0, 0.05) is 13.0 Å². The van der Waals surface area contributed by atoms with Crippen molar-refractivity contribution < 1.29 is 24.2 Å². The van der Waals surface area contributed by atoms with Crippen LogP contribution in [0.25, 0.3) is 0 Å². The maximum atomic E-state index is 12.5. The Morgan fingerprint density at radius 3 is 2.47 bits per heavy atom. The molecule has 0 bridgehead atoms. The maximum Gasteiger partial charge on any atom is 0.274 e. The fourth-order valence-corrected chi connectivity index (χ4v) is 3.32. The van der Waals surface area contributed by atoms with Crippen LogP contribution in [0.2, 0.25) is 0 Å². The van der Waals surface area contributed by atoms with Crippen molar-refractivity contribution in [1.82, 2.24) is 4.90 Å². The van der Waals surface area contributed by atoms with E-state index >= 15 is 0 Å². The van der Waals surface area contributed by atoms with Crippen LogP contribution in [-0.4, -0.2) is 41.3 Å². The van der Waals surface area contributed by atoms with Crippen LogP contribution in [0.5, 0.6) is 11.5 Å². The number of rotatable bonds is 9. The predicted octanol–water partition coefficient (Wildman–Crippen LogP) is 2.16. The van der Waals surface area contributed by atoms with E-state index in [1.165, 1.54) is 24.1 Å². The van der Waals surface area contributed by atoms with Crippen molar-refractivity contribution in [3.63, 3.8) is 0 Å². The van der Waals surface area contributed by atoms with Gasteiger partial charge in [0.1, 0.15) is 12.3 Å². The molecule has 1 amide bonds. The Morgan fingerprint density at radius 2 is 1.83 bits per heavy atom. The summed E-state index contributed by atoms with van der Waals surface area (Å²) in [4.78, 5) is 29.1. The van der Waals surface area contributed by atoms with Crippen LogP contribution in [0.4, 0.5) is 0 Å². The number of carbonyl (C=O) groups excluding carboxylic acids is 2. The van der Waals surface area contributed by atoms with Crippen molar-refractivity contribution >= 4 is 34.9 Å². The summed E-state index contributed by atoms with van der Waals surface area (Å²) in [6.45, 7) is 2.79. The number of nitrogens with zero attached hydrogens (tertiary/aromatic N) is 2. The zero-order chi connectivity index (χ0) is 21.7. The SMILES string of the molecule is CCCN1C(=O)C(Cc2ccc(OCc3ccc(C(=O)[O-])cc3)c(OC)c2)=NC1=S. The molecule has 2 aromatic rings. The van der Waals surface area contributed by atoms with Crippen LogP contribution in [0.15, 0.2) is 47.5 Å². The summed E-state index contributed by atoms with van der Waals surface area (Å²) in [7, 11) is 1.54. The molecule has 8 heteroatoms. The number of ether oxygens (including phenoxy) is 2. The molecule has 156 valence electrons. The maximum absolute atomic E-state index is 12.5. The zero-order valence-electron chi connectivity index (χ0n) is 16.7. The number of carboxylic acids is 1. The van der Waals surface area contributed by atoms with Crippen LogP contribution in [-0.2, 0) is 17.8 Å². The quantitative estimate of drug-likeness (QED) is 0.572. The Labute approximate surface area is 179 Å². The molecule has 0 spiro atoms. The van der Waals surface area contributed by atoms with E-state index in [2.05, 4.69) is 4.99 Å². The second-order valence-electron chi connectivity index (χ2n) is 6.73. The molecule has 0 radical (unpaired) electrons. The number of amides is 1. The van der Waals surface area contributed by atoms with Gasteiger partial charge in [-0.2, -0.15) is 0 Å². The lowest BCUT2D eigenvalue weighted by atomic mass is 10.1. The Kier molecular flexibility index (Phi) is 6.79. The highest BCUT2D eigenvalue weighted by molar-refractivity contribution is 7.80. The first-order valence-corrected chi connectivity index (χ1v) is 9.87. The summed E-state index contributed by atoms with van der Waals surface area (Å²) in [6.07, 6.45) is 1.16. The molecule has 0 saturated heterocycles. The normalized spacial score (nSPS) is 13.4. The van der Waals surface area contributed by atoms with E-state index in [1.807, 2.05) is 13.0 Å². The lowest BCUT2D eigenvalue weighted by molar-refractivity contribution is -0.255. The number of carboxylic acid groups (broad SMARTS) is 1. The van der Waals surface area contributed by atoms with E-state index in [0.717, 1.165) is 17.5 Å². The number of carbonyl (C=O) groups is 2. The standard InChI is InChI=1S/C22H22N2O5S/c1-3-10-24-20(25)17(23-22(24)30)11-15-6-9-18(19(12-15)28-2)29-13-14-4-7-16(8-5-14)21(26)27/h4-9,12H,3,10-11,13H2,1-2H3,(H,26,27)/p-1. The first-order valence-electron chi connectivity index (χ1n) is 9.46. The molecule has 2 aromatic carbocycles. The average molecular weight is 425 g/mol. The molecule has 0 N–H and O–H groups in total. The van der Waals surface area contributed by atoms with E-state index in [1.54, 1.807) is 24.3 Å². The average Bonchev–Trinajstić information content (AvgIpc) is 3.00. The molecule has 0 saturated carbocycles. The fourth-order valence-electron chi connectivity index (χ4n) is 3.03. The summed E-state index contributed by atoms with van der Waals surface area (Å²) in [5.41, 5.74) is 2.19. The minimum atomic E-state index is -1.22. The summed E-state index contributed by atoms with van der Waals surface area (Å²) >= 11 is 5.19. The van der Waals surface area contributed by atoms with E-state index in [-0.39, 0.29) is 18.1 Å². The molecular weight excluding hydrogens is 404 g/mol. The van der Waals surface area contributed by atoms with Gasteiger partial charge in [0.2, 0.25) is 5.11 Å². The Balaban J connectivity index is 1.68. The van der Waals surface area contributed by atoms with Crippen molar-refractivity contribution in [1.29, 1.82) is 0 Å². The Hall–Kier alpha value is -3.26. The van der Waals surface area contributed by atoms with Crippen LogP contribution >= 0.6 is 12.2 Å². The molecule has 0 aliphatic carbocycles. The number of aromatic carboxylic acids is 1. The smallest absolute Gasteiger partial charge is 0.274 e. The molecular formula is C22H21N2O5S-. The van der Waals surface area contributed by atoms with Crippen molar-refractivity contribution in [2.45, 2.75) is 26.4 Å². The molecule has 3 rings (SSSR count). The van der Waals surface area contributed by atoms with Crippen LogP contribution < -0.4 is 14.6 Å². The summed E-state index contributed by atoms with van der Waals surface area (Å²) in [6, 6.07) is 11.7. The first kappa shape index (κ1) is 21.4. The first-order chi connectivity index (χ1) is 14.4. The van der Waals surface area contributed by atoms with E-state index in [4.69, 9.17) is 21.7 Å². The number of aliphatic imine (C=N–C) groups is 1. The molecule has 1 aliphatic rings. The Morgan fingerprint density at radius 1 is 1.13 bits per heavy atom. The molecule has 0 fully saturated rings. The van der Waals surface area contributed by atoms with Gasteiger partial charge >= 0.3 is 0 Å². The third-order valence-corrected chi connectivity index (χ3v) is 4.90. The van der Waals surface area contributed by atoms with Gasteiger partial charge in [0.15, 0.2) is 11.5 Å². The minimum absolute atomic E-state index is 0.113. The van der Waals surface area contributed by atoms with E-state index in [9.17, 15) is 14.7 Å². The molecule has 0 atom stereocenters. The van der Waals surface area contributed by atoms with Crippen molar-refractivity contribution in [2.24, 2.45) is 4.99 Å². The second-order valence-corrected chi connectivity index (χ2v) is 7.10. The van der Waals surface area contributed by atoms with Gasteiger partial charge in [-0.3, -0.25) is 9.69 Å². The molecule has 1 aliphatic heterocycles. The Bertz CT molecular complexity index is 1000. The van der Waals surface area contributed by atoms with Gasteiger partial charge in [0.05, 0.1) is 13.1 Å². The highest BCUT2D eigenvalue weighted by Gasteiger charge is 2.29. The largest absolute Gasteiger partial charge is 0.545 e. The fraction of sp³-hybridized carbons (Fsp3) is 0.273. The van der Waals surface area contributed by atoms with Crippen LogP contribution in [0.3, 0.4) is 0 Å². The molecule has 0 unspecified atom stereocenters. The van der Waals surface area contributed by atoms with Crippen molar-refractivity contribution in [3.05, 3.63) is 59.2 Å². The van der Waals surface area contributed by atoms with E-state index < -0.39 is 5.97 Å². The summed E-state index contributed by atoms with van der Waals surface area (Å²) in [5, 5.41) is 11.1. The summed E-state index contributed by atoms with van der Waals surface area (Å²) < 4.78 is 11.2. The molecule has 30 heavy (non-hydrogen) atoms. The van der Waals surface area contributed by atoms with E-state index in [0.29, 0.717) is 35.3 Å².